The van der Waals surface area contributed by atoms with Gasteiger partial charge in [0, 0.05) is 12.1 Å². The smallest absolute Gasteiger partial charge is 0.0451 e. The van der Waals surface area contributed by atoms with Gasteiger partial charge in [0.2, 0.25) is 0 Å². The van der Waals surface area contributed by atoms with Gasteiger partial charge in [-0.15, -0.1) is 0 Å². The van der Waals surface area contributed by atoms with E-state index in [0.717, 1.165) is 12.8 Å². The van der Waals surface area contributed by atoms with Crippen LogP contribution in [0.1, 0.15) is 34.7 Å². The Labute approximate surface area is 85.3 Å². The molecule has 0 fully saturated rings. The van der Waals surface area contributed by atoms with Gasteiger partial charge in [0.25, 0.3) is 0 Å². The summed E-state index contributed by atoms with van der Waals surface area (Å²) in [4.78, 5) is 0. The minimum absolute atomic E-state index is 0.0260. The summed E-state index contributed by atoms with van der Waals surface area (Å²) in [5, 5.41) is 0. The fourth-order valence-electron chi connectivity index (χ4n) is 2.16. The van der Waals surface area contributed by atoms with Crippen LogP contribution >= 0.6 is 0 Å². The zero-order chi connectivity index (χ0) is 10.3. The number of rotatable bonds is 0. The maximum absolute atomic E-state index is 6.08. The number of benzene rings is 1. The van der Waals surface area contributed by atoms with E-state index in [1.807, 2.05) is 0 Å². The van der Waals surface area contributed by atoms with Crippen LogP contribution in [-0.2, 0) is 6.42 Å². The SMILES string of the molecule is Cc1cc2c(cc1C)[C@H](N)[C@@H](N)CC2. The van der Waals surface area contributed by atoms with Gasteiger partial charge in [-0.1, -0.05) is 12.1 Å². The van der Waals surface area contributed by atoms with Crippen LogP contribution < -0.4 is 11.5 Å². The van der Waals surface area contributed by atoms with Gasteiger partial charge < -0.3 is 11.5 Å². The zero-order valence-corrected chi connectivity index (χ0v) is 8.88. The normalized spacial score (nSPS) is 26.0. The van der Waals surface area contributed by atoms with Crippen molar-refractivity contribution in [3.05, 3.63) is 34.4 Å². The van der Waals surface area contributed by atoms with Crippen LogP contribution in [-0.4, -0.2) is 6.04 Å². The summed E-state index contributed by atoms with van der Waals surface area (Å²) in [6.45, 7) is 4.28. The summed E-state index contributed by atoms with van der Waals surface area (Å²) < 4.78 is 0. The predicted molar refractivity (Wildman–Crippen MR) is 59.1 cm³/mol. The molecule has 0 bridgehead atoms. The Hall–Kier alpha value is -0.860. The highest BCUT2D eigenvalue weighted by Crippen LogP contribution is 2.29. The van der Waals surface area contributed by atoms with Crippen molar-refractivity contribution in [3.8, 4) is 0 Å². The van der Waals surface area contributed by atoms with Crippen molar-refractivity contribution in [1.82, 2.24) is 0 Å². The number of hydrogen-bond acceptors (Lipinski definition) is 2. The van der Waals surface area contributed by atoms with E-state index >= 15 is 0 Å². The summed E-state index contributed by atoms with van der Waals surface area (Å²) in [6, 6.07) is 4.62. The van der Waals surface area contributed by atoms with E-state index < -0.39 is 0 Å². The molecule has 0 heterocycles. The summed E-state index contributed by atoms with van der Waals surface area (Å²) >= 11 is 0. The average Bonchev–Trinajstić information content (AvgIpc) is 2.15. The highest BCUT2D eigenvalue weighted by Gasteiger charge is 2.23. The van der Waals surface area contributed by atoms with Crippen LogP contribution in [0.2, 0.25) is 0 Å². The van der Waals surface area contributed by atoms with Crippen molar-refractivity contribution < 1.29 is 0 Å². The molecule has 1 aromatic rings. The molecule has 0 spiro atoms. The number of fused-ring (bicyclic) bond motifs is 1. The molecule has 14 heavy (non-hydrogen) atoms. The van der Waals surface area contributed by atoms with Crippen LogP contribution in [0.25, 0.3) is 0 Å². The molecule has 0 radical (unpaired) electrons. The Kier molecular flexibility index (Phi) is 2.33. The first-order valence-electron chi connectivity index (χ1n) is 5.21. The van der Waals surface area contributed by atoms with Crippen molar-refractivity contribution >= 4 is 0 Å². The van der Waals surface area contributed by atoms with E-state index in [4.69, 9.17) is 11.5 Å². The van der Waals surface area contributed by atoms with E-state index in [0.29, 0.717) is 0 Å². The molecule has 0 saturated heterocycles. The summed E-state index contributed by atoms with van der Waals surface area (Å²) in [7, 11) is 0. The Bertz CT molecular complexity index is 358. The van der Waals surface area contributed by atoms with Crippen molar-refractivity contribution in [2.24, 2.45) is 11.5 Å². The highest BCUT2D eigenvalue weighted by atomic mass is 14.8. The molecular weight excluding hydrogens is 172 g/mol. The van der Waals surface area contributed by atoms with Crippen LogP contribution in [0.4, 0.5) is 0 Å². The predicted octanol–water partition coefficient (Wildman–Crippen LogP) is 1.58. The molecule has 1 aliphatic rings. The van der Waals surface area contributed by atoms with E-state index in [-0.39, 0.29) is 12.1 Å². The van der Waals surface area contributed by atoms with Gasteiger partial charge in [-0.05, 0) is 48.9 Å². The van der Waals surface area contributed by atoms with Gasteiger partial charge in [0.05, 0.1) is 0 Å². The lowest BCUT2D eigenvalue weighted by Crippen LogP contribution is -2.38. The first-order valence-corrected chi connectivity index (χ1v) is 5.21. The molecule has 0 aromatic heterocycles. The lowest BCUT2D eigenvalue weighted by atomic mass is 9.83. The van der Waals surface area contributed by atoms with Crippen molar-refractivity contribution in [2.75, 3.05) is 0 Å². The quantitative estimate of drug-likeness (QED) is 0.652. The van der Waals surface area contributed by atoms with Crippen molar-refractivity contribution in [2.45, 2.75) is 38.8 Å². The summed E-state index contributed by atoms with van der Waals surface area (Å²) in [5.41, 5.74) is 17.4. The molecule has 1 aromatic carbocycles. The molecule has 2 heteroatoms. The van der Waals surface area contributed by atoms with E-state index in [1.54, 1.807) is 0 Å². The second kappa shape index (κ2) is 3.37. The molecule has 4 N–H and O–H groups in total. The van der Waals surface area contributed by atoms with E-state index in [9.17, 15) is 0 Å². The molecule has 0 amide bonds. The van der Waals surface area contributed by atoms with Gasteiger partial charge >= 0.3 is 0 Å². The minimum Gasteiger partial charge on any atom is -0.326 e. The third kappa shape index (κ3) is 1.45. The van der Waals surface area contributed by atoms with Crippen LogP contribution in [0.15, 0.2) is 12.1 Å². The lowest BCUT2D eigenvalue weighted by molar-refractivity contribution is 0.481. The van der Waals surface area contributed by atoms with Crippen LogP contribution in [0, 0.1) is 13.8 Å². The minimum atomic E-state index is 0.0260. The fraction of sp³-hybridized carbons (Fsp3) is 0.500. The third-order valence-electron chi connectivity index (χ3n) is 3.32. The van der Waals surface area contributed by atoms with Crippen molar-refractivity contribution in [1.29, 1.82) is 0 Å². The second-order valence-corrected chi connectivity index (χ2v) is 4.36. The van der Waals surface area contributed by atoms with E-state index in [2.05, 4.69) is 26.0 Å². The summed E-state index contributed by atoms with van der Waals surface area (Å²) in [5.74, 6) is 0. The van der Waals surface area contributed by atoms with Gasteiger partial charge in [-0.2, -0.15) is 0 Å². The van der Waals surface area contributed by atoms with Gasteiger partial charge in [-0.25, -0.2) is 0 Å². The largest absolute Gasteiger partial charge is 0.326 e. The zero-order valence-electron chi connectivity index (χ0n) is 8.88. The van der Waals surface area contributed by atoms with Gasteiger partial charge in [0.1, 0.15) is 0 Å². The van der Waals surface area contributed by atoms with Crippen LogP contribution in [0.3, 0.4) is 0 Å². The standard InChI is InChI=1S/C12H18N2/c1-7-5-9-3-4-11(13)12(14)10(9)6-8(7)2/h5-6,11-12H,3-4,13-14H2,1-2H3/t11-,12-/m0/s1. The average molecular weight is 190 g/mol. The monoisotopic (exact) mass is 190 g/mol. The van der Waals surface area contributed by atoms with Crippen molar-refractivity contribution in [3.63, 3.8) is 0 Å². The molecular formula is C12H18N2. The molecule has 0 unspecified atom stereocenters. The molecule has 2 atom stereocenters. The number of nitrogens with two attached hydrogens (primary N) is 2. The highest BCUT2D eigenvalue weighted by molar-refractivity contribution is 5.41. The summed E-state index contributed by atoms with van der Waals surface area (Å²) in [6.07, 6.45) is 2.09. The van der Waals surface area contributed by atoms with Crippen LogP contribution in [0.5, 0.6) is 0 Å². The molecule has 0 saturated carbocycles. The topological polar surface area (TPSA) is 52.0 Å². The van der Waals surface area contributed by atoms with Gasteiger partial charge in [0.15, 0.2) is 0 Å². The fourth-order valence-corrected chi connectivity index (χ4v) is 2.16. The Morgan fingerprint density at radius 1 is 1.14 bits per heavy atom. The maximum atomic E-state index is 6.08. The second-order valence-electron chi connectivity index (χ2n) is 4.36. The Morgan fingerprint density at radius 2 is 1.79 bits per heavy atom. The first kappa shape index (κ1) is 9.69. The number of hydrogen-bond donors (Lipinski definition) is 2. The molecule has 1 aliphatic carbocycles. The maximum Gasteiger partial charge on any atom is 0.0451 e. The third-order valence-corrected chi connectivity index (χ3v) is 3.32. The lowest BCUT2D eigenvalue weighted by Gasteiger charge is -2.29. The molecule has 0 aliphatic heterocycles. The van der Waals surface area contributed by atoms with E-state index in [1.165, 1.54) is 22.3 Å². The Balaban J connectivity index is 2.50. The molecule has 76 valence electrons. The number of aryl methyl sites for hydroxylation is 3. The Morgan fingerprint density at radius 3 is 2.50 bits per heavy atom. The molecule has 2 rings (SSSR count). The van der Waals surface area contributed by atoms with Gasteiger partial charge in [-0.3, -0.25) is 0 Å². The first-order chi connectivity index (χ1) is 6.59. The molecule has 2 nitrogen and oxygen atoms in total.